The third-order valence-electron chi connectivity index (χ3n) is 15.5. The van der Waals surface area contributed by atoms with Crippen molar-refractivity contribution in [2.75, 3.05) is 0 Å². The Hall–Kier alpha value is -9.82. The smallest absolute Gasteiger partial charge is 0.165 e. The Kier molecular flexibility index (Phi) is 11.0. The Labute approximate surface area is 454 Å². The molecule has 0 fully saturated rings. The fourth-order valence-corrected chi connectivity index (χ4v) is 13.1. The SMILES string of the molecule is CC1C=CC=CC1c1nc(-c2ccccc2)nc(-c2c3ccccc3c(-c3cccc4c3sc3cccc(-c5c6ccccc6c(-c6nc(-c7ccccc7)nc(-c7ccccc7)n6)c6ccccc56)c34)c3ccccc23)n1. The van der Waals surface area contributed by atoms with Crippen molar-refractivity contribution in [3.8, 4) is 79.2 Å². The molecule has 1 aliphatic rings. The fraction of sp³-hybridized carbons (Fsp3) is 0.0423. The van der Waals surface area contributed by atoms with Crippen LogP contribution in [0.3, 0.4) is 0 Å². The van der Waals surface area contributed by atoms with Crippen molar-refractivity contribution in [2.24, 2.45) is 5.92 Å². The van der Waals surface area contributed by atoms with Crippen molar-refractivity contribution in [1.29, 1.82) is 0 Å². The number of allylic oxidation sites excluding steroid dienone is 4. The molecular formula is C71H46N6S. The highest BCUT2D eigenvalue weighted by Crippen LogP contribution is 2.51. The maximum Gasteiger partial charge on any atom is 0.165 e. The zero-order valence-corrected chi connectivity index (χ0v) is 43.2. The van der Waals surface area contributed by atoms with Gasteiger partial charge in [0.2, 0.25) is 0 Å². The first-order valence-corrected chi connectivity index (χ1v) is 27.3. The molecule has 2 unspecified atom stereocenters. The van der Waals surface area contributed by atoms with Crippen molar-refractivity contribution in [1.82, 2.24) is 29.9 Å². The predicted octanol–water partition coefficient (Wildman–Crippen LogP) is 18.6. The van der Waals surface area contributed by atoms with Crippen LogP contribution in [0.1, 0.15) is 18.7 Å². The number of benzene rings is 11. The van der Waals surface area contributed by atoms with Gasteiger partial charge in [-0.15, -0.1) is 11.3 Å². The first-order valence-electron chi connectivity index (χ1n) is 26.5. The van der Waals surface area contributed by atoms with Crippen LogP contribution in [-0.2, 0) is 0 Å². The summed E-state index contributed by atoms with van der Waals surface area (Å²) >= 11 is 1.87. The van der Waals surface area contributed by atoms with Gasteiger partial charge in [-0.25, -0.2) is 29.9 Å². The second kappa shape index (κ2) is 18.8. The number of thiophene rings is 1. The van der Waals surface area contributed by atoms with Crippen LogP contribution in [0.15, 0.2) is 249 Å². The molecule has 3 heterocycles. The van der Waals surface area contributed by atoms with E-state index in [0.29, 0.717) is 29.1 Å². The molecule has 6 nitrogen and oxygen atoms in total. The first kappa shape index (κ1) is 45.6. The maximum atomic E-state index is 5.41. The Morgan fingerprint density at radius 2 is 0.667 bits per heavy atom. The molecule has 0 bridgehead atoms. The highest BCUT2D eigenvalue weighted by molar-refractivity contribution is 7.26. The second-order valence-electron chi connectivity index (χ2n) is 20.0. The average Bonchev–Trinajstić information content (AvgIpc) is 4.09. The summed E-state index contributed by atoms with van der Waals surface area (Å²) in [7, 11) is 0. The number of aromatic nitrogens is 6. The number of fused-ring (bicyclic) bond motifs is 7. The Bertz CT molecular complexity index is 4590. The minimum Gasteiger partial charge on any atom is -0.212 e. The van der Waals surface area contributed by atoms with Crippen LogP contribution in [0.5, 0.6) is 0 Å². The van der Waals surface area contributed by atoms with Crippen LogP contribution in [-0.4, -0.2) is 29.9 Å². The van der Waals surface area contributed by atoms with Crippen molar-refractivity contribution in [2.45, 2.75) is 12.8 Å². The number of hydrogen-bond acceptors (Lipinski definition) is 7. The van der Waals surface area contributed by atoms with Gasteiger partial charge >= 0.3 is 0 Å². The van der Waals surface area contributed by atoms with Crippen molar-refractivity contribution in [3.63, 3.8) is 0 Å². The summed E-state index contributed by atoms with van der Waals surface area (Å²) in [4.78, 5) is 31.6. The lowest BCUT2D eigenvalue weighted by Crippen LogP contribution is -2.13. The first-order chi connectivity index (χ1) is 38.6. The van der Waals surface area contributed by atoms with Crippen LogP contribution < -0.4 is 0 Å². The van der Waals surface area contributed by atoms with E-state index in [0.717, 1.165) is 76.7 Å². The van der Waals surface area contributed by atoms with Gasteiger partial charge in [-0.1, -0.05) is 250 Å². The third kappa shape index (κ3) is 7.53. The lowest BCUT2D eigenvalue weighted by Gasteiger charge is -2.21. The van der Waals surface area contributed by atoms with Crippen LogP contribution in [0.25, 0.3) is 142 Å². The van der Waals surface area contributed by atoms with Crippen molar-refractivity contribution in [3.05, 3.63) is 255 Å². The summed E-state index contributed by atoms with van der Waals surface area (Å²) in [6.45, 7) is 2.23. The van der Waals surface area contributed by atoms with Crippen LogP contribution in [0, 0.1) is 5.92 Å². The monoisotopic (exact) mass is 1010 g/mol. The van der Waals surface area contributed by atoms with E-state index in [1.165, 1.54) is 42.4 Å². The second-order valence-corrected chi connectivity index (χ2v) is 21.1. The van der Waals surface area contributed by atoms with E-state index in [9.17, 15) is 0 Å². The fourth-order valence-electron chi connectivity index (χ4n) is 11.9. The van der Waals surface area contributed by atoms with E-state index >= 15 is 0 Å². The largest absolute Gasteiger partial charge is 0.212 e. The molecule has 14 aromatic rings. The van der Waals surface area contributed by atoms with E-state index < -0.39 is 0 Å². The van der Waals surface area contributed by atoms with E-state index in [1.807, 2.05) is 65.9 Å². The van der Waals surface area contributed by atoms with Crippen LogP contribution >= 0.6 is 11.3 Å². The maximum absolute atomic E-state index is 5.41. The molecule has 2 atom stereocenters. The third-order valence-corrected chi connectivity index (χ3v) is 16.7. The molecule has 7 heteroatoms. The number of rotatable bonds is 8. The lowest BCUT2D eigenvalue weighted by molar-refractivity contribution is 0.600. The molecule has 0 amide bonds. The standard InChI is InChI=1S/C71H46N6S/c1-43-23-11-12-30-47(43)69-73-68(46-28-9-4-10-29-46)76-71(77-69)64-54-37-19-15-33-50(54)61(51-34-16-20-38-55(51)64)57-40-21-41-58-62-56(39-22-42-59(62)78-65(57)58)60-48-31-13-17-35-52(48)63(53-36-18-14-32-49(53)60)70-74-66(44-24-5-2-6-25-44)72-67(75-70)45-26-7-3-8-27-45/h2-43,47H,1H3. The highest BCUT2D eigenvalue weighted by atomic mass is 32.1. The number of hydrogen-bond donors (Lipinski definition) is 0. The van der Waals surface area contributed by atoms with Gasteiger partial charge in [0.15, 0.2) is 29.1 Å². The lowest BCUT2D eigenvalue weighted by atomic mass is 9.86. The van der Waals surface area contributed by atoms with Gasteiger partial charge in [0.05, 0.1) is 0 Å². The van der Waals surface area contributed by atoms with Gasteiger partial charge in [-0.05, 0) is 71.8 Å². The molecule has 0 aliphatic heterocycles. The van der Waals surface area contributed by atoms with Gasteiger partial charge in [-0.3, -0.25) is 0 Å². The Balaban J connectivity index is 0.954. The zero-order chi connectivity index (χ0) is 51.7. The minimum absolute atomic E-state index is 0.0112. The van der Waals surface area contributed by atoms with E-state index in [4.69, 9.17) is 29.9 Å². The topological polar surface area (TPSA) is 77.3 Å². The Morgan fingerprint density at radius 1 is 0.308 bits per heavy atom. The predicted molar refractivity (Wildman–Crippen MR) is 324 cm³/mol. The summed E-state index contributed by atoms with van der Waals surface area (Å²) in [5.74, 6) is 4.26. The molecule has 0 N–H and O–H groups in total. The zero-order valence-electron chi connectivity index (χ0n) is 42.4. The normalized spacial score (nSPS) is 14.4. The van der Waals surface area contributed by atoms with Gasteiger partial charge in [0, 0.05) is 59.5 Å². The van der Waals surface area contributed by atoms with Crippen LogP contribution in [0.2, 0.25) is 0 Å². The molecule has 0 radical (unpaired) electrons. The van der Waals surface area contributed by atoms with Gasteiger partial charge < -0.3 is 0 Å². The molecule has 366 valence electrons. The Morgan fingerprint density at radius 3 is 1.15 bits per heavy atom. The summed E-state index contributed by atoms with van der Waals surface area (Å²) in [5.41, 5.74) is 9.57. The molecule has 15 rings (SSSR count). The van der Waals surface area contributed by atoms with Gasteiger partial charge in [-0.2, -0.15) is 0 Å². The van der Waals surface area contributed by atoms with E-state index in [-0.39, 0.29) is 11.8 Å². The molecule has 0 spiro atoms. The van der Waals surface area contributed by atoms with Gasteiger partial charge in [0.1, 0.15) is 5.82 Å². The molecule has 3 aromatic heterocycles. The summed E-state index contributed by atoms with van der Waals surface area (Å²) in [5, 5.41) is 11.3. The summed E-state index contributed by atoms with van der Waals surface area (Å²) < 4.78 is 2.46. The summed E-state index contributed by atoms with van der Waals surface area (Å²) in [6, 6.07) is 79.5. The molecular weight excluding hydrogens is 969 g/mol. The van der Waals surface area contributed by atoms with Gasteiger partial charge in [0.25, 0.3) is 0 Å². The molecule has 78 heavy (non-hydrogen) atoms. The average molecular weight is 1020 g/mol. The van der Waals surface area contributed by atoms with Crippen molar-refractivity contribution < 1.29 is 0 Å². The molecule has 0 saturated carbocycles. The van der Waals surface area contributed by atoms with Crippen molar-refractivity contribution >= 4 is 74.6 Å². The van der Waals surface area contributed by atoms with Crippen LogP contribution in [0.4, 0.5) is 0 Å². The summed E-state index contributed by atoms with van der Waals surface area (Å²) in [6.07, 6.45) is 8.67. The molecule has 1 aliphatic carbocycles. The number of nitrogens with zero attached hydrogens (tertiary/aromatic N) is 6. The highest BCUT2D eigenvalue weighted by Gasteiger charge is 2.27. The quantitative estimate of drug-likeness (QED) is 0.141. The molecule has 0 saturated heterocycles. The minimum atomic E-state index is 0.0112. The van der Waals surface area contributed by atoms with E-state index in [2.05, 4.69) is 201 Å². The molecule has 11 aromatic carbocycles. The van der Waals surface area contributed by atoms with E-state index in [1.54, 1.807) is 0 Å².